The summed E-state index contributed by atoms with van der Waals surface area (Å²) in [5.41, 5.74) is 2.84. The molecule has 0 fully saturated rings. The third-order valence-corrected chi connectivity index (χ3v) is 4.67. The summed E-state index contributed by atoms with van der Waals surface area (Å²) in [7, 11) is 0. The summed E-state index contributed by atoms with van der Waals surface area (Å²) in [6.07, 6.45) is 2.89. The largest absolute Gasteiger partial charge is 0.494 e. The van der Waals surface area contributed by atoms with Crippen LogP contribution < -0.4 is 4.74 Å². The molecule has 1 amide bonds. The van der Waals surface area contributed by atoms with Crippen molar-refractivity contribution in [1.29, 1.82) is 0 Å². The zero-order valence-electron chi connectivity index (χ0n) is 15.6. The Hall–Kier alpha value is -2.82. The number of unbranched alkanes of at least 4 members (excludes halogenated alkanes) is 1. The number of hydrogen-bond acceptors (Lipinski definition) is 4. The molecule has 0 aromatic heterocycles. The van der Waals surface area contributed by atoms with E-state index in [2.05, 4.69) is 13.0 Å². The summed E-state index contributed by atoms with van der Waals surface area (Å²) < 4.78 is 10.8. The molecule has 3 rings (SSSR count). The number of ether oxygens (including phenoxy) is 2. The van der Waals surface area contributed by atoms with Gasteiger partial charge in [-0.25, -0.2) is 4.79 Å². The Morgan fingerprint density at radius 1 is 1.04 bits per heavy atom. The molecule has 0 saturated carbocycles. The van der Waals surface area contributed by atoms with Crippen molar-refractivity contribution in [2.24, 2.45) is 0 Å². The van der Waals surface area contributed by atoms with Crippen molar-refractivity contribution >= 4 is 11.9 Å². The highest BCUT2D eigenvalue weighted by molar-refractivity contribution is 5.91. The first kappa shape index (κ1) is 19.0. The van der Waals surface area contributed by atoms with E-state index < -0.39 is 5.97 Å². The molecule has 0 aliphatic carbocycles. The molecule has 1 heterocycles. The number of carbonyl (C=O) groups is 2. The predicted octanol–water partition coefficient (Wildman–Crippen LogP) is 3.61. The number of nitrogens with zero attached hydrogens (tertiary/aromatic N) is 1. The number of carbonyl (C=O) groups excluding carboxylic acids is 2. The predicted molar refractivity (Wildman–Crippen MR) is 103 cm³/mol. The third kappa shape index (κ3) is 5.09. The zero-order chi connectivity index (χ0) is 19.1. The first-order valence-corrected chi connectivity index (χ1v) is 9.42. The van der Waals surface area contributed by atoms with E-state index in [0.717, 1.165) is 30.6 Å². The van der Waals surface area contributed by atoms with Crippen LogP contribution in [-0.2, 0) is 22.5 Å². The van der Waals surface area contributed by atoms with Gasteiger partial charge < -0.3 is 14.4 Å². The lowest BCUT2D eigenvalue weighted by Crippen LogP contribution is -2.38. The summed E-state index contributed by atoms with van der Waals surface area (Å²) in [6, 6.07) is 14.9. The maximum atomic E-state index is 12.4. The third-order valence-electron chi connectivity index (χ3n) is 4.67. The average Bonchev–Trinajstić information content (AvgIpc) is 2.72. The molecule has 0 saturated heterocycles. The lowest BCUT2D eigenvalue weighted by Gasteiger charge is -2.28. The highest BCUT2D eigenvalue weighted by Crippen LogP contribution is 2.19. The Kier molecular flexibility index (Phi) is 6.47. The fourth-order valence-electron chi connectivity index (χ4n) is 3.03. The van der Waals surface area contributed by atoms with Gasteiger partial charge in [0, 0.05) is 13.1 Å². The van der Waals surface area contributed by atoms with E-state index in [4.69, 9.17) is 9.47 Å². The lowest BCUT2D eigenvalue weighted by atomic mass is 10.00. The zero-order valence-corrected chi connectivity index (χ0v) is 15.6. The second-order valence-electron chi connectivity index (χ2n) is 6.64. The normalized spacial score (nSPS) is 13.0. The van der Waals surface area contributed by atoms with Gasteiger partial charge in [0.25, 0.3) is 5.91 Å². The van der Waals surface area contributed by atoms with Crippen LogP contribution in [0.25, 0.3) is 0 Å². The van der Waals surface area contributed by atoms with E-state index >= 15 is 0 Å². The standard InChI is InChI=1S/C22H25NO4/c1-2-3-14-26-20-10-8-18(9-11-20)22(25)27-16-21(24)23-13-12-17-6-4-5-7-19(17)15-23/h4-11H,2-3,12-16H2,1H3. The molecule has 0 N–H and O–H groups in total. The fraction of sp³-hybridized carbons (Fsp3) is 0.364. The van der Waals surface area contributed by atoms with Crippen molar-refractivity contribution in [3.8, 4) is 5.75 Å². The minimum atomic E-state index is -0.499. The Balaban J connectivity index is 1.48. The van der Waals surface area contributed by atoms with Crippen LogP contribution in [0.5, 0.6) is 5.75 Å². The lowest BCUT2D eigenvalue weighted by molar-refractivity contribution is -0.135. The molecule has 2 aromatic carbocycles. The molecule has 27 heavy (non-hydrogen) atoms. The number of benzene rings is 2. The molecule has 1 aliphatic rings. The molecule has 0 radical (unpaired) electrons. The van der Waals surface area contributed by atoms with E-state index in [-0.39, 0.29) is 12.5 Å². The summed E-state index contributed by atoms with van der Waals surface area (Å²) >= 11 is 0. The van der Waals surface area contributed by atoms with Crippen LogP contribution in [0, 0.1) is 0 Å². The van der Waals surface area contributed by atoms with Crippen molar-refractivity contribution in [2.75, 3.05) is 19.8 Å². The SMILES string of the molecule is CCCCOc1ccc(C(=O)OCC(=O)N2CCc3ccccc3C2)cc1. The highest BCUT2D eigenvalue weighted by Gasteiger charge is 2.21. The quantitative estimate of drug-likeness (QED) is 0.554. The van der Waals surface area contributed by atoms with Gasteiger partial charge in [-0.2, -0.15) is 0 Å². The Labute approximate surface area is 159 Å². The topological polar surface area (TPSA) is 55.8 Å². The van der Waals surface area contributed by atoms with Crippen LogP contribution >= 0.6 is 0 Å². The molecule has 1 aliphatic heterocycles. The fourth-order valence-corrected chi connectivity index (χ4v) is 3.03. The Morgan fingerprint density at radius 2 is 1.78 bits per heavy atom. The number of fused-ring (bicyclic) bond motifs is 1. The minimum absolute atomic E-state index is 0.169. The van der Waals surface area contributed by atoms with Crippen molar-refractivity contribution in [2.45, 2.75) is 32.7 Å². The summed E-state index contributed by atoms with van der Waals surface area (Å²) in [5.74, 6) is 0.0568. The van der Waals surface area contributed by atoms with Gasteiger partial charge >= 0.3 is 5.97 Å². The van der Waals surface area contributed by atoms with Gasteiger partial charge in [0.05, 0.1) is 12.2 Å². The van der Waals surface area contributed by atoms with Crippen LogP contribution in [0.1, 0.15) is 41.3 Å². The number of esters is 1. The second-order valence-corrected chi connectivity index (χ2v) is 6.64. The molecule has 0 atom stereocenters. The summed E-state index contributed by atoms with van der Waals surface area (Å²) in [4.78, 5) is 26.3. The smallest absolute Gasteiger partial charge is 0.338 e. The highest BCUT2D eigenvalue weighted by atomic mass is 16.5. The molecule has 5 heteroatoms. The average molecular weight is 367 g/mol. The molecule has 0 bridgehead atoms. The van der Waals surface area contributed by atoms with E-state index in [9.17, 15) is 9.59 Å². The monoisotopic (exact) mass is 367 g/mol. The first-order chi connectivity index (χ1) is 13.2. The van der Waals surface area contributed by atoms with E-state index in [1.54, 1.807) is 29.2 Å². The van der Waals surface area contributed by atoms with Crippen molar-refractivity contribution in [3.63, 3.8) is 0 Å². The minimum Gasteiger partial charge on any atom is -0.494 e. The van der Waals surface area contributed by atoms with Gasteiger partial charge in [-0.05, 0) is 48.2 Å². The second kappa shape index (κ2) is 9.21. The summed E-state index contributed by atoms with van der Waals surface area (Å²) in [6.45, 7) is 3.74. The number of amides is 1. The van der Waals surface area contributed by atoms with Crippen molar-refractivity contribution in [1.82, 2.24) is 4.90 Å². The van der Waals surface area contributed by atoms with Crippen LogP contribution in [0.2, 0.25) is 0 Å². The Bertz CT molecular complexity index is 785. The molecular weight excluding hydrogens is 342 g/mol. The van der Waals surface area contributed by atoms with Crippen LogP contribution in [-0.4, -0.2) is 36.5 Å². The van der Waals surface area contributed by atoms with Gasteiger partial charge in [-0.15, -0.1) is 0 Å². The van der Waals surface area contributed by atoms with Crippen LogP contribution in [0.4, 0.5) is 0 Å². The van der Waals surface area contributed by atoms with Gasteiger partial charge in [-0.3, -0.25) is 4.79 Å². The first-order valence-electron chi connectivity index (χ1n) is 9.42. The van der Waals surface area contributed by atoms with Gasteiger partial charge in [0.1, 0.15) is 5.75 Å². The number of rotatable bonds is 7. The molecule has 142 valence electrons. The van der Waals surface area contributed by atoms with Gasteiger partial charge in [-0.1, -0.05) is 37.6 Å². The summed E-state index contributed by atoms with van der Waals surface area (Å²) in [5, 5.41) is 0. The maximum absolute atomic E-state index is 12.4. The van der Waals surface area contributed by atoms with Crippen LogP contribution in [0.15, 0.2) is 48.5 Å². The molecule has 0 spiro atoms. The van der Waals surface area contributed by atoms with Crippen LogP contribution in [0.3, 0.4) is 0 Å². The molecular formula is C22H25NO4. The molecule has 5 nitrogen and oxygen atoms in total. The van der Waals surface area contributed by atoms with Gasteiger partial charge in [0.15, 0.2) is 6.61 Å². The molecule has 0 unspecified atom stereocenters. The maximum Gasteiger partial charge on any atom is 0.338 e. The van der Waals surface area contributed by atoms with E-state index in [0.29, 0.717) is 25.3 Å². The van der Waals surface area contributed by atoms with Gasteiger partial charge in [0.2, 0.25) is 0 Å². The Morgan fingerprint density at radius 3 is 2.52 bits per heavy atom. The van der Waals surface area contributed by atoms with E-state index in [1.165, 1.54) is 5.56 Å². The van der Waals surface area contributed by atoms with E-state index in [1.807, 2.05) is 18.2 Å². The van der Waals surface area contributed by atoms with Crippen molar-refractivity contribution in [3.05, 3.63) is 65.2 Å². The number of hydrogen-bond donors (Lipinski definition) is 0. The van der Waals surface area contributed by atoms with Crippen molar-refractivity contribution < 1.29 is 19.1 Å². The molecule has 2 aromatic rings.